The minimum absolute atomic E-state index is 0.000616. The van der Waals surface area contributed by atoms with Gasteiger partial charge in [-0.25, -0.2) is 0 Å². The zero-order chi connectivity index (χ0) is 47.2. The number of unbranched alkanes of at least 4 members (excludes halogenated alkanes) is 38. The molecule has 3 N–H and O–H groups in total. The summed E-state index contributed by atoms with van der Waals surface area (Å²) in [7, 11) is 0. The van der Waals surface area contributed by atoms with Crippen LogP contribution >= 0.6 is 0 Å². The molecule has 0 fully saturated rings. The Morgan fingerprint density at radius 1 is 0.431 bits per heavy atom. The third-order valence-electron chi connectivity index (χ3n) is 13.2. The number of nitrogens with one attached hydrogen (secondary N) is 1. The summed E-state index contributed by atoms with van der Waals surface area (Å²) >= 11 is 0. The first-order valence-corrected chi connectivity index (χ1v) is 28.8. The number of hydrogen-bond donors (Lipinski definition) is 3. The average molecular weight is 915 g/mol. The summed E-state index contributed by atoms with van der Waals surface area (Å²) in [5, 5.41) is 23.0. The van der Waals surface area contributed by atoms with Crippen LogP contribution in [0, 0.1) is 0 Å². The maximum absolute atomic E-state index is 12.4. The van der Waals surface area contributed by atoms with E-state index in [2.05, 4.69) is 43.5 Å². The van der Waals surface area contributed by atoms with Crippen molar-refractivity contribution in [1.29, 1.82) is 0 Å². The predicted molar refractivity (Wildman–Crippen MR) is 283 cm³/mol. The normalized spacial score (nSPS) is 12.9. The van der Waals surface area contributed by atoms with E-state index in [0.29, 0.717) is 19.4 Å². The lowest BCUT2D eigenvalue weighted by Crippen LogP contribution is -2.45. The van der Waals surface area contributed by atoms with Gasteiger partial charge in [-0.3, -0.25) is 9.59 Å². The first-order valence-electron chi connectivity index (χ1n) is 28.8. The number of carbonyl (C=O) groups is 2. The second-order valence-corrected chi connectivity index (χ2v) is 19.6. The van der Waals surface area contributed by atoms with E-state index < -0.39 is 12.1 Å². The molecule has 0 rings (SSSR count). The van der Waals surface area contributed by atoms with Gasteiger partial charge in [0.25, 0.3) is 0 Å². The van der Waals surface area contributed by atoms with Crippen LogP contribution in [0.4, 0.5) is 0 Å². The number of esters is 1. The Hall–Kier alpha value is -1.92. The molecular weight excluding hydrogens is 803 g/mol. The first-order chi connectivity index (χ1) is 32.0. The number of carbonyl (C=O) groups excluding carboxylic acids is 2. The summed E-state index contributed by atoms with van der Waals surface area (Å²) in [5.41, 5.74) is 0. The van der Waals surface area contributed by atoms with E-state index >= 15 is 0 Å². The molecule has 1 amide bonds. The lowest BCUT2D eigenvalue weighted by molar-refractivity contribution is -0.143. The number of amides is 1. The van der Waals surface area contributed by atoms with Gasteiger partial charge in [0.1, 0.15) is 0 Å². The molecule has 0 saturated heterocycles. The molecule has 65 heavy (non-hydrogen) atoms. The lowest BCUT2D eigenvalue weighted by atomic mass is 10.0. The second-order valence-electron chi connectivity index (χ2n) is 19.6. The smallest absolute Gasteiger partial charge is 0.305 e. The molecule has 0 bridgehead atoms. The quantitative estimate of drug-likeness (QED) is 0.0321. The molecule has 0 heterocycles. The summed E-state index contributed by atoms with van der Waals surface area (Å²) < 4.78 is 5.48. The van der Waals surface area contributed by atoms with E-state index in [-0.39, 0.29) is 18.5 Å². The Morgan fingerprint density at radius 2 is 0.769 bits per heavy atom. The SMILES string of the molecule is CCCCCC/C=C\C/C=C\CCCCCCCCCC(=O)OCCCCCCCCCCCCCCCCCCCCCC(=O)NC(CO)C(O)/C=C/CCCCCCCCCCC. The molecule has 6 heteroatoms. The molecule has 0 aromatic heterocycles. The van der Waals surface area contributed by atoms with E-state index in [1.807, 2.05) is 6.08 Å². The highest BCUT2D eigenvalue weighted by molar-refractivity contribution is 5.76. The minimum Gasteiger partial charge on any atom is -0.466 e. The lowest BCUT2D eigenvalue weighted by Gasteiger charge is -2.20. The van der Waals surface area contributed by atoms with Crippen molar-refractivity contribution in [2.75, 3.05) is 13.2 Å². The number of rotatable bonds is 53. The largest absolute Gasteiger partial charge is 0.466 e. The van der Waals surface area contributed by atoms with Crippen molar-refractivity contribution in [3.8, 4) is 0 Å². The van der Waals surface area contributed by atoms with Crippen LogP contribution in [0.3, 0.4) is 0 Å². The zero-order valence-electron chi connectivity index (χ0n) is 43.5. The summed E-state index contributed by atoms with van der Waals surface area (Å²) in [5.74, 6) is -0.0717. The van der Waals surface area contributed by atoms with Gasteiger partial charge in [0, 0.05) is 12.8 Å². The molecule has 382 valence electrons. The third kappa shape index (κ3) is 51.3. The molecular formula is C59H111NO5. The van der Waals surface area contributed by atoms with E-state index in [4.69, 9.17) is 4.74 Å². The van der Waals surface area contributed by atoms with Gasteiger partial charge in [-0.2, -0.15) is 0 Å². The van der Waals surface area contributed by atoms with Crippen LogP contribution < -0.4 is 5.32 Å². The predicted octanol–water partition coefficient (Wildman–Crippen LogP) is 17.6. The van der Waals surface area contributed by atoms with Gasteiger partial charge in [0.05, 0.1) is 25.4 Å². The number of aliphatic hydroxyl groups is 2. The highest BCUT2D eigenvalue weighted by atomic mass is 16.5. The van der Waals surface area contributed by atoms with Gasteiger partial charge >= 0.3 is 5.97 Å². The number of ether oxygens (including phenoxy) is 1. The zero-order valence-corrected chi connectivity index (χ0v) is 43.5. The second kappa shape index (κ2) is 54.7. The van der Waals surface area contributed by atoms with E-state index in [0.717, 1.165) is 51.4 Å². The van der Waals surface area contributed by atoms with Crippen molar-refractivity contribution >= 4 is 11.9 Å². The Labute approximate surface area is 404 Å². The third-order valence-corrected chi connectivity index (χ3v) is 13.2. The molecule has 0 spiro atoms. The van der Waals surface area contributed by atoms with Gasteiger partial charge in [-0.1, -0.05) is 262 Å². The van der Waals surface area contributed by atoms with E-state index in [1.54, 1.807) is 6.08 Å². The van der Waals surface area contributed by atoms with Crippen LogP contribution in [0.5, 0.6) is 0 Å². The van der Waals surface area contributed by atoms with Crippen molar-refractivity contribution < 1.29 is 24.5 Å². The fourth-order valence-electron chi connectivity index (χ4n) is 8.72. The molecule has 2 atom stereocenters. The van der Waals surface area contributed by atoms with Crippen LogP contribution in [-0.4, -0.2) is 47.4 Å². The molecule has 6 nitrogen and oxygen atoms in total. The monoisotopic (exact) mass is 914 g/mol. The molecule has 0 aromatic rings. The fraction of sp³-hybridized carbons (Fsp3) is 0.864. The fourth-order valence-corrected chi connectivity index (χ4v) is 8.72. The Balaban J connectivity index is 3.40. The van der Waals surface area contributed by atoms with E-state index in [9.17, 15) is 19.8 Å². The number of aliphatic hydroxyl groups excluding tert-OH is 2. The van der Waals surface area contributed by atoms with Crippen LogP contribution in [0.15, 0.2) is 36.5 Å². The summed E-state index contributed by atoms with van der Waals surface area (Å²) in [6, 6.07) is -0.629. The first kappa shape index (κ1) is 63.1. The van der Waals surface area contributed by atoms with Crippen LogP contribution in [-0.2, 0) is 14.3 Å². The molecule has 0 aliphatic rings. The van der Waals surface area contributed by atoms with E-state index in [1.165, 1.54) is 225 Å². The summed E-state index contributed by atoms with van der Waals surface area (Å²) in [4.78, 5) is 24.5. The van der Waals surface area contributed by atoms with Crippen LogP contribution in [0.2, 0.25) is 0 Å². The topological polar surface area (TPSA) is 95.9 Å². The molecule has 0 radical (unpaired) electrons. The van der Waals surface area contributed by atoms with Crippen molar-refractivity contribution in [3.05, 3.63) is 36.5 Å². The van der Waals surface area contributed by atoms with Gasteiger partial charge in [0.2, 0.25) is 5.91 Å². The Morgan fingerprint density at radius 3 is 1.18 bits per heavy atom. The van der Waals surface area contributed by atoms with Crippen molar-refractivity contribution in [2.24, 2.45) is 0 Å². The van der Waals surface area contributed by atoms with Gasteiger partial charge in [-0.05, 0) is 64.2 Å². The Bertz CT molecular complexity index is 1060. The maximum atomic E-state index is 12.4. The molecule has 0 aromatic carbocycles. The number of hydrogen-bond acceptors (Lipinski definition) is 5. The van der Waals surface area contributed by atoms with Crippen LogP contribution in [0.25, 0.3) is 0 Å². The molecule has 0 aliphatic heterocycles. The maximum Gasteiger partial charge on any atom is 0.305 e. The van der Waals surface area contributed by atoms with Crippen molar-refractivity contribution in [2.45, 2.75) is 315 Å². The van der Waals surface area contributed by atoms with Gasteiger partial charge in [-0.15, -0.1) is 0 Å². The van der Waals surface area contributed by atoms with Gasteiger partial charge < -0.3 is 20.3 Å². The molecule has 0 aliphatic carbocycles. The summed E-state index contributed by atoms with van der Waals surface area (Å²) in [6.07, 6.45) is 67.4. The molecule has 2 unspecified atom stereocenters. The number of allylic oxidation sites excluding steroid dienone is 5. The van der Waals surface area contributed by atoms with Crippen molar-refractivity contribution in [1.82, 2.24) is 5.32 Å². The van der Waals surface area contributed by atoms with Gasteiger partial charge in [0.15, 0.2) is 0 Å². The minimum atomic E-state index is -0.845. The Kier molecular flexibility index (Phi) is 53.1. The van der Waals surface area contributed by atoms with Crippen LogP contribution in [0.1, 0.15) is 303 Å². The standard InChI is InChI=1S/C59H111NO5/c1-3-5-7-9-11-13-15-16-17-18-23-26-29-33-37-41-45-49-53-59(64)65-54-50-46-42-38-34-30-27-24-21-19-20-22-25-28-32-36-40-44-48-52-58(63)60-56(55-61)57(62)51-47-43-39-35-31-14-12-10-8-6-4-2/h13,15,17-18,47,51,56-57,61-62H,3-12,14,16,19-46,48-50,52-55H2,1-2H3,(H,60,63)/b15-13-,18-17-,51-47+. The van der Waals surface area contributed by atoms with Crippen molar-refractivity contribution in [3.63, 3.8) is 0 Å². The average Bonchev–Trinajstić information content (AvgIpc) is 3.31. The highest BCUT2D eigenvalue weighted by Crippen LogP contribution is 2.17. The highest BCUT2D eigenvalue weighted by Gasteiger charge is 2.18. The molecule has 0 saturated carbocycles. The summed E-state index contributed by atoms with van der Waals surface area (Å²) in [6.45, 7) is 4.87.